The smallest absolute Gasteiger partial charge is 0.267 e. The summed E-state index contributed by atoms with van der Waals surface area (Å²) >= 11 is 2.98. The third kappa shape index (κ3) is 5.56. The molecule has 3 rings (SSSR count). The molecule has 0 radical (unpaired) electrons. The van der Waals surface area contributed by atoms with Gasteiger partial charge in [-0.3, -0.25) is 10.1 Å². The molecule has 146 valence electrons. The lowest BCUT2D eigenvalue weighted by molar-refractivity contribution is -0.122. The van der Waals surface area contributed by atoms with E-state index < -0.39 is 6.10 Å². The van der Waals surface area contributed by atoms with E-state index in [1.165, 1.54) is 22.5 Å². The molecule has 1 atom stereocenters. The molecular formula is C21H23N3O2S2. The van der Waals surface area contributed by atoms with Crippen LogP contribution < -0.4 is 10.1 Å². The lowest BCUT2D eigenvalue weighted by Gasteiger charge is -2.17. The van der Waals surface area contributed by atoms with E-state index in [1.54, 1.807) is 11.8 Å². The van der Waals surface area contributed by atoms with Gasteiger partial charge < -0.3 is 4.74 Å². The van der Waals surface area contributed by atoms with Crippen molar-refractivity contribution in [2.45, 2.75) is 43.4 Å². The zero-order chi connectivity index (χ0) is 19.9. The van der Waals surface area contributed by atoms with Crippen LogP contribution >= 0.6 is 23.1 Å². The molecular weight excluding hydrogens is 390 g/mol. The lowest BCUT2D eigenvalue weighted by Crippen LogP contribution is -2.32. The number of amides is 1. The number of carbonyl (C=O) groups is 1. The molecule has 0 aliphatic rings. The van der Waals surface area contributed by atoms with Crippen molar-refractivity contribution in [3.8, 4) is 5.75 Å². The van der Waals surface area contributed by atoms with Crippen LogP contribution in [0.1, 0.15) is 30.0 Å². The number of benzene rings is 2. The Labute approximate surface area is 173 Å². The van der Waals surface area contributed by atoms with Crippen molar-refractivity contribution in [1.29, 1.82) is 0 Å². The Hall–Kier alpha value is -2.38. The fraction of sp³-hybridized carbons (Fsp3) is 0.286. The molecule has 28 heavy (non-hydrogen) atoms. The summed E-state index contributed by atoms with van der Waals surface area (Å²) < 4.78 is 6.71. The van der Waals surface area contributed by atoms with E-state index in [0.29, 0.717) is 17.3 Å². The average Bonchev–Trinajstić information content (AvgIpc) is 3.15. The van der Waals surface area contributed by atoms with E-state index in [9.17, 15) is 4.79 Å². The van der Waals surface area contributed by atoms with Crippen molar-refractivity contribution in [3.05, 3.63) is 65.2 Å². The van der Waals surface area contributed by atoms with E-state index in [-0.39, 0.29) is 5.91 Å². The normalized spacial score (nSPS) is 11.8. The minimum atomic E-state index is -0.577. The minimum Gasteiger partial charge on any atom is -0.481 e. The number of aryl methyl sites for hydroxylation is 2. The number of aromatic nitrogens is 2. The number of nitrogens with one attached hydrogen (secondary N) is 1. The maximum Gasteiger partial charge on any atom is 0.267 e. The molecule has 0 fully saturated rings. The van der Waals surface area contributed by atoms with E-state index >= 15 is 0 Å². The van der Waals surface area contributed by atoms with Crippen molar-refractivity contribution in [3.63, 3.8) is 0 Å². The van der Waals surface area contributed by atoms with Crippen LogP contribution in [-0.4, -0.2) is 22.2 Å². The number of thioether (sulfide) groups is 1. The number of hydrogen-bond acceptors (Lipinski definition) is 6. The molecule has 0 unspecified atom stereocenters. The summed E-state index contributed by atoms with van der Waals surface area (Å²) in [7, 11) is 0. The Morgan fingerprint density at radius 2 is 1.93 bits per heavy atom. The summed E-state index contributed by atoms with van der Waals surface area (Å²) in [5, 5.41) is 11.5. The van der Waals surface area contributed by atoms with Gasteiger partial charge in [0, 0.05) is 5.75 Å². The SMILES string of the molecule is CC[C@@H](Oc1ccc(C)c(C)c1)C(=O)Nc1nnc(SCc2ccccc2)s1. The first kappa shape index (κ1) is 20.4. The van der Waals surface area contributed by atoms with Gasteiger partial charge in [0.25, 0.3) is 5.91 Å². The molecule has 0 bridgehead atoms. The van der Waals surface area contributed by atoms with Gasteiger partial charge >= 0.3 is 0 Å². The summed E-state index contributed by atoms with van der Waals surface area (Å²) in [6.07, 6.45) is -0.0147. The maximum absolute atomic E-state index is 12.6. The fourth-order valence-electron chi connectivity index (χ4n) is 2.50. The largest absolute Gasteiger partial charge is 0.481 e. The Bertz CT molecular complexity index is 928. The van der Waals surface area contributed by atoms with Crippen LogP contribution in [0, 0.1) is 13.8 Å². The van der Waals surface area contributed by atoms with E-state index in [2.05, 4.69) is 27.6 Å². The van der Waals surface area contributed by atoms with E-state index in [0.717, 1.165) is 15.7 Å². The quantitative estimate of drug-likeness (QED) is 0.404. The second kappa shape index (κ2) is 9.71. The number of rotatable bonds is 8. The first-order valence-electron chi connectivity index (χ1n) is 9.10. The van der Waals surface area contributed by atoms with Gasteiger partial charge in [0.05, 0.1) is 0 Å². The van der Waals surface area contributed by atoms with Crippen molar-refractivity contribution < 1.29 is 9.53 Å². The monoisotopic (exact) mass is 413 g/mol. The van der Waals surface area contributed by atoms with Gasteiger partial charge in [-0.1, -0.05) is 66.4 Å². The fourth-order valence-corrected chi connectivity index (χ4v) is 4.21. The van der Waals surface area contributed by atoms with Gasteiger partial charge in [0.15, 0.2) is 10.4 Å². The first-order chi connectivity index (χ1) is 13.5. The van der Waals surface area contributed by atoms with E-state index in [1.807, 2.05) is 57.2 Å². The molecule has 0 saturated carbocycles. The molecule has 3 aromatic rings. The van der Waals surface area contributed by atoms with Crippen molar-refractivity contribution >= 4 is 34.1 Å². The van der Waals surface area contributed by atoms with Gasteiger partial charge in [-0.05, 0) is 49.1 Å². The minimum absolute atomic E-state index is 0.212. The number of hydrogen-bond donors (Lipinski definition) is 1. The third-order valence-electron chi connectivity index (χ3n) is 4.26. The van der Waals surface area contributed by atoms with Crippen LogP contribution in [-0.2, 0) is 10.5 Å². The van der Waals surface area contributed by atoms with Crippen LogP contribution in [0.25, 0.3) is 0 Å². The maximum atomic E-state index is 12.6. The highest BCUT2D eigenvalue weighted by molar-refractivity contribution is 8.00. The molecule has 0 aliphatic heterocycles. The molecule has 0 aliphatic carbocycles. The van der Waals surface area contributed by atoms with Crippen LogP contribution in [0.4, 0.5) is 5.13 Å². The second-order valence-corrected chi connectivity index (χ2v) is 8.60. The summed E-state index contributed by atoms with van der Waals surface area (Å²) in [6, 6.07) is 16.0. The van der Waals surface area contributed by atoms with Gasteiger partial charge in [0.2, 0.25) is 5.13 Å². The first-order valence-corrected chi connectivity index (χ1v) is 10.9. The second-order valence-electron chi connectivity index (χ2n) is 6.40. The highest BCUT2D eigenvalue weighted by Gasteiger charge is 2.20. The average molecular weight is 414 g/mol. The predicted octanol–water partition coefficient (Wildman–Crippen LogP) is 5.24. The zero-order valence-corrected chi connectivity index (χ0v) is 17.8. The Morgan fingerprint density at radius 1 is 1.14 bits per heavy atom. The molecule has 1 aromatic heterocycles. The summed E-state index contributed by atoms with van der Waals surface area (Å²) in [6.45, 7) is 6.00. The Morgan fingerprint density at radius 3 is 2.64 bits per heavy atom. The Kier molecular flexibility index (Phi) is 7.06. The predicted molar refractivity (Wildman–Crippen MR) is 115 cm³/mol. The zero-order valence-electron chi connectivity index (χ0n) is 16.1. The summed E-state index contributed by atoms with van der Waals surface area (Å²) in [5.74, 6) is 1.30. The molecule has 1 amide bonds. The molecule has 1 heterocycles. The van der Waals surface area contributed by atoms with E-state index in [4.69, 9.17) is 4.74 Å². The highest BCUT2D eigenvalue weighted by atomic mass is 32.2. The van der Waals surface area contributed by atoms with Gasteiger partial charge in [-0.2, -0.15) is 0 Å². The summed E-state index contributed by atoms with van der Waals surface area (Å²) in [4.78, 5) is 12.6. The molecule has 2 aromatic carbocycles. The third-order valence-corrected chi connectivity index (χ3v) is 6.30. The number of nitrogens with zero attached hydrogens (tertiary/aromatic N) is 2. The summed E-state index contributed by atoms with van der Waals surface area (Å²) in [5.41, 5.74) is 3.55. The number of anilines is 1. The van der Waals surface area contributed by atoms with Gasteiger partial charge in [0.1, 0.15) is 5.75 Å². The topological polar surface area (TPSA) is 64.1 Å². The van der Waals surface area contributed by atoms with Crippen molar-refractivity contribution in [1.82, 2.24) is 10.2 Å². The van der Waals surface area contributed by atoms with Crippen LogP contribution in [0.3, 0.4) is 0 Å². The van der Waals surface area contributed by atoms with Crippen LogP contribution in [0.2, 0.25) is 0 Å². The van der Waals surface area contributed by atoms with Gasteiger partial charge in [-0.25, -0.2) is 0 Å². The lowest BCUT2D eigenvalue weighted by atomic mass is 10.1. The Balaban J connectivity index is 1.56. The highest BCUT2D eigenvalue weighted by Crippen LogP contribution is 2.28. The number of ether oxygens (including phenoxy) is 1. The van der Waals surface area contributed by atoms with Crippen LogP contribution in [0.5, 0.6) is 5.75 Å². The van der Waals surface area contributed by atoms with Crippen LogP contribution in [0.15, 0.2) is 52.9 Å². The molecule has 0 saturated heterocycles. The molecule has 7 heteroatoms. The van der Waals surface area contributed by atoms with Crippen molar-refractivity contribution in [2.75, 3.05) is 5.32 Å². The van der Waals surface area contributed by atoms with Gasteiger partial charge in [-0.15, -0.1) is 10.2 Å². The molecule has 5 nitrogen and oxygen atoms in total. The molecule has 0 spiro atoms. The van der Waals surface area contributed by atoms with Crippen molar-refractivity contribution in [2.24, 2.45) is 0 Å². The number of carbonyl (C=O) groups excluding carboxylic acids is 1. The standard InChI is InChI=1S/C21H23N3O2S2/c1-4-18(26-17-11-10-14(2)15(3)12-17)19(25)22-20-23-24-21(28-20)27-13-16-8-6-5-7-9-16/h5-12,18H,4,13H2,1-3H3,(H,22,23,25)/t18-/m1/s1. The molecule has 1 N–H and O–H groups in total.